The molecule has 0 aliphatic carbocycles. The average molecular weight is 498 g/mol. The van der Waals surface area contributed by atoms with Crippen molar-refractivity contribution in [2.75, 3.05) is 43.1 Å². The number of sulfone groups is 1. The van der Waals surface area contributed by atoms with Gasteiger partial charge in [-0.05, 0) is 18.6 Å². The molecule has 11 heteroatoms. The molecule has 1 aliphatic heterocycles. The van der Waals surface area contributed by atoms with Gasteiger partial charge in [0, 0.05) is 24.2 Å². The molecule has 0 bridgehead atoms. The maximum absolute atomic E-state index is 12.8. The van der Waals surface area contributed by atoms with E-state index in [4.69, 9.17) is 4.42 Å². The Morgan fingerprint density at radius 1 is 1.11 bits per heavy atom. The smallest absolute Gasteiger partial charge is 0.322 e. The Morgan fingerprint density at radius 3 is 2.54 bits per heavy atom. The Morgan fingerprint density at radius 2 is 1.83 bits per heavy atom. The number of carbonyl (C=O) groups excluding carboxylic acids is 1. The highest BCUT2D eigenvalue weighted by atomic mass is 32.2. The number of benzene rings is 2. The number of ketones is 1. The molecule has 1 aromatic heterocycles. The molecule has 1 saturated heterocycles. The van der Waals surface area contributed by atoms with Gasteiger partial charge in [-0.1, -0.05) is 53.6 Å². The van der Waals surface area contributed by atoms with E-state index in [-0.39, 0.29) is 55.5 Å². The van der Waals surface area contributed by atoms with Crippen LogP contribution in [-0.2, 0) is 9.84 Å². The lowest BCUT2D eigenvalue weighted by Gasteiger charge is -2.29. The molecule has 2 N–H and O–H groups in total. The summed E-state index contributed by atoms with van der Waals surface area (Å²) in [5, 5.41) is 20.3. The zero-order chi connectivity index (χ0) is 24.8. The summed E-state index contributed by atoms with van der Waals surface area (Å²) in [7, 11) is -3.06. The van der Waals surface area contributed by atoms with Crippen LogP contribution < -0.4 is 5.32 Å². The highest BCUT2D eigenvalue weighted by Gasteiger charge is 2.25. The van der Waals surface area contributed by atoms with Crippen LogP contribution in [0.2, 0.25) is 0 Å². The Hall–Kier alpha value is -3.57. The van der Waals surface area contributed by atoms with E-state index in [1.807, 2.05) is 43.3 Å². The van der Waals surface area contributed by atoms with E-state index in [1.54, 1.807) is 23.1 Å². The SMILES string of the molecule is CC(c1cccc(C(=O)c2ccccc2)c1)c1nnc(NC(=NCCO)N2CCS(=O)(=O)CC2)o1. The summed E-state index contributed by atoms with van der Waals surface area (Å²) in [6.07, 6.45) is 0. The van der Waals surface area contributed by atoms with Gasteiger partial charge in [0.05, 0.1) is 30.6 Å². The molecule has 0 spiro atoms. The number of aliphatic imine (C=N–C) groups is 1. The van der Waals surface area contributed by atoms with Gasteiger partial charge < -0.3 is 14.4 Å². The summed E-state index contributed by atoms with van der Waals surface area (Å²) in [5.41, 5.74) is 2.02. The van der Waals surface area contributed by atoms with Crippen molar-refractivity contribution in [2.45, 2.75) is 12.8 Å². The topological polar surface area (TPSA) is 138 Å². The normalized spacial score (nSPS) is 16.6. The first-order valence-electron chi connectivity index (χ1n) is 11.3. The van der Waals surface area contributed by atoms with Gasteiger partial charge in [0.25, 0.3) is 0 Å². The van der Waals surface area contributed by atoms with Crippen molar-refractivity contribution in [1.29, 1.82) is 0 Å². The third kappa shape index (κ3) is 6.11. The van der Waals surface area contributed by atoms with Crippen LogP contribution in [0.5, 0.6) is 0 Å². The summed E-state index contributed by atoms with van der Waals surface area (Å²) >= 11 is 0. The molecule has 0 radical (unpaired) electrons. The molecule has 1 atom stereocenters. The molecular formula is C24H27N5O5S. The number of hydrogen-bond acceptors (Lipinski definition) is 8. The minimum atomic E-state index is -3.06. The summed E-state index contributed by atoms with van der Waals surface area (Å²) in [5.74, 6) is 0.417. The zero-order valence-corrected chi connectivity index (χ0v) is 20.1. The van der Waals surface area contributed by atoms with Crippen molar-refractivity contribution in [3.05, 3.63) is 77.2 Å². The largest absolute Gasteiger partial charge is 0.407 e. The summed E-state index contributed by atoms with van der Waals surface area (Å²) in [6, 6.07) is 16.5. The number of nitrogens with one attached hydrogen (secondary N) is 1. The van der Waals surface area contributed by atoms with Gasteiger partial charge in [-0.3, -0.25) is 15.1 Å². The first kappa shape index (κ1) is 24.6. The van der Waals surface area contributed by atoms with Gasteiger partial charge in [-0.25, -0.2) is 8.42 Å². The number of nitrogens with zero attached hydrogens (tertiary/aromatic N) is 4. The Bertz CT molecular complexity index is 1290. The fraction of sp³-hybridized carbons (Fsp3) is 0.333. The minimum absolute atomic E-state index is 0.0248. The van der Waals surface area contributed by atoms with Crippen LogP contribution in [0.1, 0.15) is 40.2 Å². The van der Waals surface area contributed by atoms with Crippen molar-refractivity contribution >= 4 is 27.6 Å². The quantitative estimate of drug-likeness (QED) is 0.285. The number of aliphatic hydroxyl groups excluding tert-OH is 1. The first-order valence-corrected chi connectivity index (χ1v) is 13.1. The van der Waals surface area contributed by atoms with Gasteiger partial charge in [-0.15, -0.1) is 5.10 Å². The third-order valence-corrected chi connectivity index (χ3v) is 7.33. The molecule has 10 nitrogen and oxygen atoms in total. The summed E-state index contributed by atoms with van der Waals surface area (Å²) in [6.45, 7) is 2.45. The second kappa shape index (κ2) is 10.8. The van der Waals surface area contributed by atoms with Gasteiger partial charge in [-0.2, -0.15) is 0 Å². The third-order valence-electron chi connectivity index (χ3n) is 5.72. The standard InChI is InChI=1S/C24H27N5O5S/c1-17(19-8-5-9-20(16-19)21(31)18-6-3-2-4-7-18)22-27-28-24(34-22)26-23(25-10-13-30)29-11-14-35(32,33)15-12-29/h2-9,16-17,30H,10-15H2,1H3,(H,25,26,28). The second-order valence-electron chi connectivity index (χ2n) is 8.18. The van der Waals surface area contributed by atoms with E-state index >= 15 is 0 Å². The lowest BCUT2D eigenvalue weighted by Crippen LogP contribution is -2.46. The fourth-order valence-electron chi connectivity index (χ4n) is 3.70. The zero-order valence-electron chi connectivity index (χ0n) is 19.3. The van der Waals surface area contributed by atoms with Crippen LogP contribution in [0.3, 0.4) is 0 Å². The number of aromatic nitrogens is 2. The van der Waals surface area contributed by atoms with Crippen LogP contribution in [0.25, 0.3) is 0 Å². The van der Waals surface area contributed by atoms with Crippen LogP contribution in [0.4, 0.5) is 6.01 Å². The van der Waals surface area contributed by atoms with Crippen molar-refractivity contribution in [3.8, 4) is 0 Å². The molecule has 2 aromatic carbocycles. The molecule has 0 amide bonds. The minimum Gasteiger partial charge on any atom is -0.407 e. The average Bonchev–Trinajstić information content (AvgIpc) is 3.35. The molecule has 3 aromatic rings. The molecular weight excluding hydrogens is 470 g/mol. The Balaban J connectivity index is 1.49. The van der Waals surface area contributed by atoms with Crippen molar-refractivity contribution in [2.24, 2.45) is 4.99 Å². The lowest BCUT2D eigenvalue weighted by molar-refractivity contribution is 0.103. The number of hydrogen-bond donors (Lipinski definition) is 2. The van der Waals surface area contributed by atoms with Gasteiger partial charge in [0.15, 0.2) is 15.6 Å². The first-order chi connectivity index (χ1) is 16.9. The number of guanidine groups is 1. The van der Waals surface area contributed by atoms with Gasteiger partial charge >= 0.3 is 6.01 Å². The van der Waals surface area contributed by atoms with E-state index < -0.39 is 9.84 Å². The number of carbonyl (C=O) groups is 1. The Kier molecular flexibility index (Phi) is 7.57. The van der Waals surface area contributed by atoms with Gasteiger partial charge in [0.1, 0.15) is 0 Å². The molecule has 2 heterocycles. The second-order valence-corrected chi connectivity index (χ2v) is 10.5. The van der Waals surface area contributed by atoms with E-state index in [2.05, 4.69) is 20.5 Å². The predicted octanol–water partition coefficient (Wildman–Crippen LogP) is 1.94. The molecule has 35 heavy (non-hydrogen) atoms. The van der Waals surface area contributed by atoms with Crippen molar-refractivity contribution in [3.63, 3.8) is 0 Å². The summed E-state index contributed by atoms with van der Waals surface area (Å²) < 4.78 is 29.3. The predicted molar refractivity (Wildman–Crippen MR) is 131 cm³/mol. The van der Waals surface area contributed by atoms with Crippen LogP contribution in [0, 0.1) is 0 Å². The van der Waals surface area contributed by atoms with E-state index in [0.29, 0.717) is 23.0 Å². The molecule has 1 unspecified atom stereocenters. The molecule has 1 fully saturated rings. The highest BCUT2D eigenvalue weighted by Crippen LogP contribution is 2.26. The maximum Gasteiger partial charge on any atom is 0.322 e. The Labute approximate surface area is 203 Å². The molecule has 184 valence electrons. The van der Waals surface area contributed by atoms with E-state index in [1.165, 1.54) is 0 Å². The fourth-order valence-corrected chi connectivity index (χ4v) is 4.90. The number of aliphatic hydroxyl groups is 1. The van der Waals surface area contributed by atoms with E-state index in [0.717, 1.165) is 5.56 Å². The molecule has 0 saturated carbocycles. The van der Waals surface area contributed by atoms with Crippen LogP contribution >= 0.6 is 0 Å². The maximum atomic E-state index is 12.8. The van der Waals surface area contributed by atoms with E-state index in [9.17, 15) is 18.3 Å². The number of rotatable bonds is 7. The van der Waals surface area contributed by atoms with Crippen LogP contribution in [0.15, 0.2) is 64.0 Å². The number of anilines is 1. The molecule has 1 aliphatic rings. The molecule has 4 rings (SSSR count). The summed E-state index contributed by atoms with van der Waals surface area (Å²) in [4.78, 5) is 18.9. The van der Waals surface area contributed by atoms with Crippen molar-refractivity contribution in [1.82, 2.24) is 15.1 Å². The lowest BCUT2D eigenvalue weighted by atomic mass is 9.96. The monoisotopic (exact) mass is 497 g/mol. The van der Waals surface area contributed by atoms with Gasteiger partial charge in [0.2, 0.25) is 11.9 Å². The van der Waals surface area contributed by atoms with Crippen LogP contribution in [-0.4, -0.2) is 78.1 Å². The highest BCUT2D eigenvalue weighted by molar-refractivity contribution is 7.91. The van der Waals surface area contributed by atoms with Crippen molar-refractivity contribution < 1.29 is 22.7 Å².